The fourth-order valence-electron chi connectivity index (χ4n) is 2.91. The van der Waals surface area contributed by atoms with Crippen molar-refractivity contribution in [2.24, 2.45) is 0 Å². The van der Waals surface area contributed by atoms with E-state index < -0.39 is 0 Å². The number of rotatable bonds is 2. The fourth-order valence-corrected chi connectivity index (χ4v) is 2.91. The van der Waals surface area contributed by atoms with Gasteiger partial charge in [0.25, 0.3) is 5.91 Å². The van der Waals surface area contributed by atoms with E-state index in [-0.39, 0.29) is 17.3 Å². The van der Waals surface area contributed by atoms with Crippen molar-refractivity contribution in [3.63, 3.8) is 0 Å². The number of likely N-dealkylation sites (tertiary alicyclic amines) is 1. The third-order valence-electron chi connectivity index (χ3n) is 3.98. The molecule has 2 fully saturated rings. The minimum absolute atomic E-state index is 0.106. The van der Waals surface area contributed by atoms with Crippen molar-refractivity contribution in [2.75, 3.05) is 26.9 Å². The van der Waals surface area contributed by atoms with Crippen LogP contribution in [0, 0.1) is 0 Å². The number of methoxy groups -OCH3 is 1. The summed E-state index contributed by atoms with van der Waals surface area (Å²) >= 11 is 0. The number of hydrogen-bond donors (Lipinski definition) is 0. The molecule has 19 heavy (non-hydrogen) atoms. The van der Waals surface area contributed by atoms with Crippen molar-refractivity contribution < 1.29 is 14.3 Å². The van der Waals surface area contributed by atoms with E-state index in [0.717, 1.165) is 32.4 Å². The molecule has 0 saturated carbocycles. The van der Waals surface area contributed by atoms with Gasteiger partial charge in [0.2, 0.25) is 5.82 Å². The highest BCUT2D eigenvalue weighted by Crippen LogP contribution is 2.37. The molecule has 2 aliphatic heterocycles. The van der Waals surface area contributed by atoms with Gasteiger partial charge in [0, 0.05) is 13.2 Å². The van der Waals surface area contributed by atoms with Crippen molar-refractivity contribution in [1.82, 2.24) is 14.9 Å². The molecule has 0 aliphatic carbocycles. The molecule has 2 aliphatic rings. The molecule has 6 nitrogen and oxygen atoms in total. The predicted molar refractivity (Wildman–Crippen MR) is 67.0 cm³/mol. The standard InChI is InChI=1S/C13H17N3O3/c1-18-10-7-14-11(15-8-10)12(17)16-5-2-3-13(16)4-6-19-9-13/h7-8H,2-6,9H2,1H3. The first kappa shape index (κ1) is 12.3. The van der Waals surface area contributed by atoms with Crippen LogP contribution in [0.25, 0.3) is 0 Å². The average molecular weight is 263 g/mol. The first-order valence-corrected chi connectivity index (χ1v) is 6.51. The first-order valence-electron chi connectivity index (χ1n) is 6.51. The van der Waals surface area contributed by atoms with Gasteiger partial charge in [-0.05, 0) is 19.3 Å². The van der Waals surface area contributed by atoms with Crippen LogP contribution in [0.3, 0.4) is 0 Å². The van der Waals surface area contributed by atoms with Crippen molar-refractivity contribution in [3.8, 4) is 5.75 Å². The second-order valence-electron chi connectivity index (χ2n) is 5.03. The molecule has 2 saturated heterocycles. The number of aromatic nitrogens is 2. The van der Waals surface area contributed by atoms with Crippen molar-refractivity contribution in [2.45, 2.75) is 24.8 Å². The molecular formula is C13H17N3O3. The molecule has 1 unspecified atom stereocenters. The van der Waals surface area contributed by atoms with Gasteiger partial charge in [-0.2, -0.15) is 0 Å². The molecule has 0 radical (unpaired) electrons. The van der Waals surface area contributed by atoms with E-state index in [4.69, 9.17) is 9.47 Å². The van der Waals surface area contributed by atoms with Gasteiger partial charge in [-0.15, -0.1) is 0 Å². The zero-order valence-corrected chi connectivity index (χ0v) is 11.0. The van der Waals surface area contributed by atoms with Crippen LogP contribution in [0.15, 0.2) is 12.4 Å². The highest BCUT2D eigenvalue weighted by atomic mass is 16.5. The molecular weight excluding hydrogens is 246 g/mol. The number of amides is 1. The lowest BCUT2D eigenvalue weighted by Crippen LogP contribution is -2.48. The Bertz CT molecular complexity index is 463. The maximum absolute atomic E-state index is 12.5. The van der Waals surface area contributed by atoms with Gasteiger partial charge in [0.15, 0.2) is 5.75 Å². The monoisotopic (exact) mass is 263 g/mol. The quantitative estimate of drug-likeness (QED) is 0.792. The van der Waals surface area contributed by atoms with E-state index in [9.17, 15) is 4.79 Å². The van der Waals surface area contributed by atoms with Crippen LogP contribution in [0.2, 0.25) is 0 Å². The minimum atomic E-state index is -0.125. The van der Waals surface area contributed by atoms with Gasteiger partial charge in [0.1, 0.15) is 0 Å². The molecule has 1 aromatic rings. The lowest BCUT2D eigenvalue weighted by molar-refractivity contribution is 0.0538. The molecule has 0 bridgehead atoms. The summed E-state index contributed by atoms with van der Waals surface area (Å²) in [5, 5.41) is 0. The Labute approximate surface area is 111 Å². The Morgan fingerprint density at radius 3 is 2.84 bits per heavy atom. The van der Waals surface area contributed by atoms with E-state index in [2.05, 4.69) is 9.97 Å². The van der Waals surface area contributed by atoms with E-state index in [1.807, 2.05) is 4.90 Å². The van der Waals surface area contributed by atoms with Crippen LogP contribution in [0.5, 0.6) is 5.75 Å². The molecule has 0 aromatic carbocycles. The summed E-state index contributed by atoms with van der Waals surface area (Å²) in [7, 11) is 1.55. The summed E-state index contributed by atoms with van der Waals surface area (Å²) in [6.07, 6.45) is 5.98. The van der Waals surface area contributed by atoms with Crippen LogP contribution < -0.4 is 4.74 Å². The summed E-state index contributed by atoms with van der Waals surface area (Å²) in [5.74, 6) is 0.677. The number of carbonyl (C=O) groups excluding carboxylic acids is 1. The Morgan fingerprint density at radius 2 is 2.21 bits per heavy atom. The van der Waals surface area contributed by atoms with Crippen molar-refractivity contribution in [1.29, 1.82) is 0 Å². The third kappa shape index (κ3) is 2.06. The maximum atomic E-state index is 12.5. The topological polar surface area (TPSA) is 64.5 Å². The molecule has 3 rings (SSSR count). The second kappa shape index (κ2) is 4.77. The van der Waals surface area contributed by atoms with Gasteiger partial charge in [-0.25, -0.2) is 9.97 Å². The van der Waals surface area contributed by atoms with Crippen LogP contribution in [0.1, 0.15) is 29.9 Å². The van der Waals surface area contributed by atoms with E-state index in [1.54, 1.807) is 7.11 Å². The summed E-state index contributed by atoms with van der Waals surface area (Å²) in [4.78, 5) is 22.6. The van der Waals surface area contributed by atoms with Crippen LogP contribution in [0.4, 0.5) is 0 Å². The molecule has 1 aromatic heterocycles. The Hall–Kier alpha value is -1.69. The lowest BCUT2D eigenvalue weighted by atomic mass is 9.95. The molecule has 1 amide bonds. The molecule has 1 spiro atoms. The highest BCUT2D eigenvalue weighted by molar-refractivity contribution is 5.91. The van der Waals surface area contributed by atoms with Crippen LogP contribution >= 0.6 is 0 Å². The van der Waals surface area contributed by atoms with Gasteiger partial charge in [-0.1, -0.05) is 0 Å². The largest absolute Gasteiger partial charge is 0.494 e. The fraction of sp³-hybridized carbons (Fsp3) is 0.615. The van der Waals surface area contributed by atoms with Gasteiger partial charge in [-0.3, -0.25) is 4.79 Å². The summed E-state index contributed by atoms with van der Waals surface area (Å²) < 4.78 is 10.5. The Balaban J connectivity index is 1.82. The minimum Gasteiger partial charge on any atom is -0.494 e. The number of ether oxygens (including phenoxy) is 2. The molecule has 102 valence electrons. The van der Waals surface area contributed by atoms with E-state index >= 15 is 0 Å². The predicted octanol–water partition coefficient (Wildman–Crippen LogP) is 0.880. The van der Waals surface area contributed by atoms with Gasteiger partial charge >= 0.3 is 0 Å². The normalized spacial score (nSPS) is 26.1. The zero-order chi connectivity index (χ0) is 13.3. The summed E-state index contributed by atoms with van der Waals surface area (Å²) in [6.45, 7) is 2.12. The van der Waals surface area contributed by atoms with Crippen LogP contribution in [-0.4, -0.2) is 53.2 Å². The van der Waals surface area contributed by atoms with Crippen molar-refractivity contribution in [3.05, 3.63) is 18.2 Å². The molecule has 0 N–H and O–H groups in total. The zero-order valence-electron chi connectivity index (χ0n) is 11.0. The van der Waals surface area contributed by atoms with Crippen LogP contribution in [-0.2, 0) is 4.74 Å². The molecule has 6 heteroatoms. The number of carbonyl (C=O) groups is 1. The molecule has 1 atom stereocenters. The SMILES string of the molecule is COc1cnc(C(=O)N2CCCC23CCOC3)nc1. The average Bonchev–Trinajstić information content (AvgIpc) is 3.09. The smallest absolute Gasteiger partial charge is 0.292 e. The summed E-state index contributed by atoms with van der Waals surface area (Å²) in [5.41, 5.74) is -0.125. The Kier molecular flexibility index (Phi) is 3.10. The lowest BCUT2D eigenvalue weighted by Gasteiger charge is -2.33. The molecule has 3 heterocycles. The van der Waals surface area contributed by atoms with E-state index in [0.29, 0.717) is 12.4 Å². The third-order valence-corrected chi connectivity index (χ3v) is 3.98. The summed E-state index contributed by atoms with van der Waals surface area (Å²) in [6, 6.07) is 0. The second-order valence-corrected chi connectivity index (χ2v) is 5.03. The van der Waals surface area contributed by atoms with Gasteiger partial charge < -0.3 is 14.4 Å². The van der Waals surface area contributed by atoms with Crippen molar-refractivity contribution >= 4 is 5.91 Å². The Morgan fingerprint density at radius 1 is 1.42 bits per heavy atom. The first-order chi connectivity index (χ1) is 9.25. The van der Waals surface area contributed by atoms with Gasteiger partial charge in [0.05, 0.1) is 31.6 Å². The maximum Gasteiger partial charge on any atom is 0.292 e. The van der Waals surface area contributed by atoms with E-state index in [1.165, 1.54) is 12.4 Å². The highest BCUT2D eigenvalue weighted by Gasteiger charge is 2.47. The number of hydrogen-bond acceptors (Lipinski definition) is 5. The number of nitrogens with zero attached hydrogens (tertiary/aromatic N) is 3.